The number of hydrogen-bond donors (Lipinski definition) is 2. The first-order chi connectivity index (χ1) is 6.70. The van der Waals surface area contributed by atoms with Crippen molar-refractivity contribution in [3.8, 4) is 0 Å². The molecule has 0 unspecified atom stereocenters. The second-order valence-electron chi connectivity index (χ2n) is 3.81. The van der Waals surface area contributed by atoms with E-state index in [1.54, 1.807) is 0 Å². The summed E-state index contributed by atoms with van der Waals surface area (Å²) in [5.74, 6) is 0. The SMILES string of the molecule is N[C@H]1CCCc2cccc(Br)c2[C@H]1O. The van der Waals surface area contributed by atoms with Gasteiger partial charge in [-0.25, -0.2) is 0 Å². The Balaban J connectivity index is 2.49. The Morgan fingerprint density at radius 1 is 1.43 bits per heavy atom. The Hall–Kier alpha value is -0.380. The molecule has 0 aromatic heterocycles. The van der Waals surface area contributed by atoms with E-state index < -0.39 is 6.10 Å². The molecule has 0 heterocycles. The molecule has 1 aliphatic carbocycles. The van der Waals surface area contributed by atoms with E-state index >= 15 is 0 Å². The minimum Gasteiger partial charge on any atom is -0.387 e. The van der Waals surface area contributed by atoms with Gasteiger partial charge >= 0.3 is 0 Å². The van der Waals surface area contributed by atoms with E-state index in [0.29, 0.717) is 0 Å². The lowest BCUT2D eigenvalue weighted by atomic mass is 9.99. The van der Waals surface area contributed by atoms with Gasteiger partial charge in [0, 0.05) is 10.5 Å². The lowest BCUT2D eigenvalue weighted by Gasteiger charge is -2.18. The topological polar surface area (TPSA) is 46.2 Å². The molecule has 1 aromatic rings. The fourth-order valence-electron chi connectivity index (χ4n) is 2.03. The van der Waals surface area contributed by atoms with E-state index in [4.69, 9.17) is 5.73 Å². The van der Waals surface area contributed by atoms with Crippen LogP contribution in [0.1, 0.15) is 30.1 Å². The molecule has 76 valence electrons. The van der Waals surface area contributed by atoms with Crippen molar-refractivity contribution in [3.05, 3.63) is 33.8 Å². The third-order valence-corrected chi connectivity index (χ3v) is 3.52. The maximum Gasteiger partial charge on any atom is 0.0954 e. The van der Waals surface area contributed by atoms with Crippen molar-refractivity contribution in [3.63, 3.8) is 0 Å². The molecule has 0 saturated carbocycles. The fraction of sp³-hybridized carbons (Fsp3) is 0.455. The van der Waals surface area contributed by atoms with E-state index in [1.807, 2.05) is 12.1 Å². The Morgan fingerprint density at radius 3 is 3.00 bits per heavy atom. The van der Waals surface area contributed by atoms with Crippen LogP contribution < -0.4 is 5.73 Å². The highest BCUT2D eigenvalue weighted by Crippen LogP contribution is 2.33. The molecule has 0 amide bonds. The summed E-state index contributed by atoms with van der Waals surface area (Å²) in [6.07, 6.45) is 2.44. The summed E-state index contributed by atoms with van der Waals surface area (Å²) in [6.45, 7) is 0. The zero-order valence-electron chi connectivity index (χ0n) is 7.91. The average Bonchev–Trinajstić information content (AvgIpc) is 2.29. The number of aliphatic hydroxyl groups excluding tert-OH is 1. The van der Waals surface area contributed by atoms with Crippen LogP contribution in [0.2, 0.25) is 0 Å². The predicted molar refractivity (Wildman–Crippen MR) is 60.0 cm³/mol. The zero-order valence-corrected chi connectivity index (χ0v) is 9.50. The van der Waals surface area contributed by atoms with E-state index in [9.17, 15) is 5.11 Å². The number of rotatable bonds is 0. The minimum atomic E-state index is -0.525. The molecule has 0 fully saturated rings. The molecule has 0 bridgehead atoms. The highest BCUT2D eigenvalue weighted by atomic mass is 79.9. The predicted octanol–water partition coefficient (Wildman–Crippen LogP) is 2.15. The van der Waals surface area contributed by atoms with Crippen LogP contribution in [0.15, 0.2) is 22.7 Å². The van der Waals surface area contributed by atoms with E-state index in [2.05, 4.69) is 22.0 Å². The van der Waals surface area contributed by atoms with Crippen molar-refractivity contribution >= 4 is 15.9 Å². The van der Waals surface area contributed by atoms with Gasteiger partial charge in [-0.1, -0.05) is 28.1 Å². The molecule has 0 saturated heterocycles. The van der Waals surface area contributed by atoms with Crippen molar-refractivity contribution in [2.75, 3.05) is 0 Å². The van der Waals surface area contributed by atoms with Gasteiger partial charge in [-0.05, 0) is 36.5 Å². The quantitative estimate of drug-likeness (QED) is 0.698. The summed E-state index contributed by atoms with van der Waals surface area (Å²) in [6, 6.07) is 5.91. The number of fused-ring (bicyclic) bond motifs is 1. The van der Waals surface area contributed by atoms with E-state index in [-0.39, 0.29) is 6.04 Å². The molecule has 0 radical (unpaired) electrons. The molecule has 3 heteroatoms. The van der Waals surface area contributed by atoms with Crippen LogP contribution >= 0.6 is 15.9 Å². The Morgan fingerprint density at radius 2 is 2.21 bits per heavy atom. The van der Waals surface area contributed by atoms with Crippen molar-refractivity contribution in [1.29, 1.82) is 0 Å². The molecule has 1 aromatic carbocycles. The number of halogens is 1. The van der Waals surface area contributed by atoms with Crippen molar-refractivity contribution in [2.24, 2.45) is 5.73 Å². The van der Waals surface area contributed by atoms with Crippen LogP contribution in [-0.2, 0) is 6.42 Å². The summed E-state index contributed by atoms with van der Waals surface area (Å²) in [7, 11) is 0. The first-order valence-electron chi connectivity index (χ1n) is 4.91. The minimum absolute atomic E-state index is 0.130. The molecular weight excluding hydrogens is 242 g/mol. The lowest BCUT2D eigenvalue weighted by Crippen LogP contribution is -2.27. The standard InChI is InChI=1S/C11H14BrNO/c12-8-5-1-3-7-4-2-6-9(13)11(14)10(7)8/h1,3,5,9,11,14H,2,4,6,13H2/t9-,11-/m0/s1. The van der Waals surface area contributed by atoms with Crippen LogP contribution in [0.3, 0.4) is 0 Å². The van der Waals surface area contributed by atoms with Crippen molar-refractivity contribution in [1.82, 2.24) is 0 Å². The molecule has 0 aliphatic heterocycles. The molecule has 2 atom stereocenters. The van der Waals surface area contributed by atoms with Gasteiger partial charge < -0.3 is 10.8 Å². The van der Waals surface area contributed by atoms with Gasteiger partial charge in [-0.3, -0.25) is 0 Å². The summed E-state index contributed by atoms with van der Waals surface area (Å²) < 4.78 is 0.972. The van der Waals surface area contributed by atoms with Crippen LogP contribution in [0.4, 0.5) is 0 Å². The maximum atomic E-state index is 10.0. The van der Waals surface area contributed by atoms with Crippen LogP contribution in [-0.4, -0.2) is 11.1 Å². The zero-order chi connectivity index (χ0) is 10.1. The molecule has 0 spiro atoms. The molecular formula is C11H14BrNO. The number of nitrogens with two attached hydrogens (primary N) is 1. The number of hydrogen-bond acceptors (Lipinski definition) is 2. The van der Waals surface area contributed by atoms with Crippen LogP contribution in [0, 0.1) is 0 Å². The van der Waals surface area contributed by atoms with Gasteiger partial charge in [0.2, 0.25) is 0 Å². The number of aliphatic hydroxyl groups is 1. The van der Waals surface area contributed by atoms with Crippen LogP contribution in [0.5, 0.6) is 0 Å². The average molecular weight is 256 g/mol. The van der Waals surface area contributed by atoms with Gasteiger partial charge in [0.1, 0.15) is 0 Å². The molecule has 3 N–H and O–H groups in total. The smallest absolute Gasteiger partial charge is 0.0954 e. The largest absolute Gasteiger partial charge is 0.387 e. The third kappa shape index (κ3) is 1.72. The molecule has 2 nitrogen and oxygen atoms in total. The van der Waals surface area contributed by atoms with Gasteiger partial charge in [-0.2, -0.15) is 0 Å². The summed E-state index contributed by atoms with van der Waals surface area (Å²) >= 11 is 3.47. The Bertz CT molecular complexity index is 340. The normalized spacial score (nSPS) is 26.8. The summed E-state index contributed by atoms with van der Waals surface area (Å²) in [5.41, 5.74) is 8.10. The van der Waals surface area contributed by atoms with Crippen LogP contribution in [0.25, 0.3) is 0 Å². The number of aryl methyl sites for hydroxylation is 1. The first kappa shape index (κ1) is 10.1. The van der Waals surface area contributed by atoms with Gasteiger partial charge in [0.05, 0.1) is 6.10 Å². The second-order valence-corrected chi connectivity index (χ2v) is 4.67. The number of benzene rings is 1. The molecule has 1 aliphatic rings. The van der Waals surface area contributed by atoms with Gasteiger partial charge in [0.15, 0.2) is 0 Å². The summed E-state index contributed by atoms with van der Waals surface area (Å²) in [4.78, 5) is 0. The summed E-state index contributed by atoms with van der Waals surface area (Å²) in [5, 5.41) is 10.0. The van der Waals surface area contributed by atoms with Gasteiger partial charge in [0.25, 0.3) is 0 Å². The fourth-order valence-corrected chi connectivity index (χ4v) is 2.67. The van der Waals surface area contributed by atoms with Crippen molar-refractivity contribution in [2.45, 2.75) is 31.4 Å². The Labute approximate surface area is 92.3 Å². The third-order valence-electron chi connectivity index (χ3n) is 2.83. The highest BCUT2D eigenvalue weighted by Gasteiger charge is 2.24. The second kappa shape index (κ2) is 4.01. The molecule has 2 rings (SSSR count). The Kier molecular flexibility index (Phi) is 2.91. The maximum absolute atomic E-state index is 10.0. The lowest BCUT2D eigenvalue weighted by molar-refractivity contribution is 0.143. The van der Waals surface area contributed by atoms with Gasteiger partial charge in [-0.15, -0.1) is 0 Å². The van der Waals surface area contributed by atoms with Crippen molar-refractivity contribution < 1.29 is 5.11 Å². The van der Waals surface area contributed by atoms with E-state index in [0.717, 1.165) is 29.3 Å². The van der Waals surface area contributed by atoms with E-state index in [1.165, 1.54) is 5.56 Å². The first-order valence-corrected chi connectivity index (χ1v) is 5.70. The molecule has 14 heavy (non-hydrogen) atoms. The highest BCUT2D eigenvalue weighted by molar-refractivity contribution is 9.10. The monoisotopic (exact) mass is 255 g/mol.